The van der Waals surface area contributed by atoms with Crippen LogP contribution >= 0.6 is 22.9 Å². The molecular weight excluding hydrogens is 256 g/mol. The Balaban J connectivity index is 2.15. The zero-order chi connectivity index (χ0) is 12.4. The second kappa shape index (κ2) is 4.98. The monoisotopic (exact) mass is 268 g/mol. The van der Waals surface area contributed by atoms with Gasteiger partial charge in [0.05, 0.1) is 6.04 Å². The minimum Gasteiger partial charge on any atom is -0.361 e. The van der Waals surface area contributed by atoms with Crippen molar-refractivity contribution in [2.45, 2.75) is 26.8 Å². The minimum atomic E-state index is 0.110. The number of aryl methyl sites for hydroxylation is 2. The van der Waals surface area contributed by atoms with Crippen molar-refractivity contribution in [2.75, 3.05) is 5.32 Å². The quantitative estimate of drug-likeness (QED) is 0.867. The van der Waals surface area contributed by atoms with Gasteiger partial charge in [-0.2, -0.15) is 0 Å². The predicted molar refractivity (Wildman–Crippen MR) is 70.7 cm³/mol. The second-order valence-corrected chi connectivity index (χ2v) is 5.44. The van der Waals surface area contributed by atoms with Crippen LogP contribution in [0.2, 0.25) is 5.28 Å². The summed E-state index contributed by atoms with van der Waals surface area (Å²) in [6, 6.07) is 1.97. The average molecular weight is 269 g/mol. The highest BCUT2D eigenvalue weighted by Gasteiger charge is 2.10. The van der Waals surface area contributed by atoms with E-state index in [1.165, 1.54) is 4.88 Å². The first kappa shape index (κ1) is 12.3. The van der Waals surface area contributed by atoms with E-state index in [1.807, 2.05) is 33.0 Å². The van der Waals surface area contributed by atoms with Crippen LogP contribution in [0.1, 0.15) is 28.5 Å². The molecule has 1 unspecified atom stereocenters. The lowest BCUT2D eigenvalue weighted by atomic mass is 10.3. The van der Waals surface area contributed by atoms with E-state index in [0.29, 0.717) is 0 Å². The molecule has 0 saturated carbocycles. The van der Waals surface area contributed by atoms with Gasteiger partial charge in [0.15, 0.2) is 0 Å². The molecule has 0 aliphatic carbocycles. The standard InChI is InChI=1S/C11H13ClN4S/c1-6-4-9(16-11(12)14-6)15-8(3)10-13-5-7(2)17-10/h4-5,8H,1-3H3,(H,14,15,16). The lowest BCUT2D eigenvalue weighted by Gasteiger charge is -2.12. The molecule has 0 bridgehead atoms. The average Bonchev–Trinajstić information content (AvgIpc) is 2.63. The summed E-state index contributed by atoms with van der Waals surface area (Å²) in [5, 5.41) is 4.56. The molecule has 90 valence electrons. The molecule has 2 aromatic heterocycles. The second-order valence-electron chi connectivity index (χ2n) is 3.84. The summed E-state index contributed by atoms with van der Waals surface area (Å²) in [4.78, 5) is 13.7. The van der Waals surface area contributed by atoms with Crippen LogP contribution in [0, 0.1) is 13.8 Å². The van der Waals surface area contributed by atoms with Gasteiger partial charge in [-0.15, -0.1) is 11.3 Å². The fourth-order valence-corrected chi connectivity index (χ4v) is 2.46. The van der Waals surface area contributed by atoms with Crippen molar-refractivity contribution in [2.24, 2.45) is 0 Å². The molecule has 2 heterocycles. The minimum absolute atomic E-state index is 0.110. The first-order valence-electron chi connectivity index (χ1n) is 5.24. The van der Waals surface area contributed by atoms with E-state index in [9.17, 15) is 0 Å². The van der Waals surface area contributed by atoms with Crippen LogP contribution in [0.3, 0.4) is 0 Å². The van der Waals surface area contributed by atoms with E-state index in [0.717, 1.165) is 16.5 Å². The van der Waals surface area contributed by atoms with Crippen molar-refractivity contribution >= 4 is 28.8 Å². The molecule has 0 aromatic carbocycles. The summed E-state index contributed by atoms with van der Waals surface area (Å²) in [6.07, 6.45) is 1.87. The van der Waals surface area contributed by atoms with Crippen molar-refractivity contribution in [3.63, 3.8) is 0 Å². The number of halogens is 1. The number of anilines is 1. The van der Waals surface area contributed by atoms with Gasteiger partial charge in [0.2, 0.25) is 5.28 Å². The molecule has 1 atom stereocenters. The summed E-state index contributed by atoms with van der Waals surface area (Å²) in [6.45, 7) is 5.97. The Morgan fingerprint density at radius 3 is 2.71 bits per heavy atom. The molecule has 4 nitrogen and oxygen atoms in total. The molecule has 2 aromatic rings. The lowest BCUT2D eigenvalue weighted by molar-refractivity contribution is 0.857. The van der Waals surface area contributed by atoms with E-state index in [2.05, 4.69) is 20.3 Å². The highest BCUT2D eigenvalue weighted by atomic mass is 35.5. The molecule has 0 aliphatic heterocycles. The molecule has 2 rings (SSSR count). The van der Waals surface area contributed by atoms with Crippen LogP contribution in [-0.2, 0) is 0 Å². The van der Waals surface area contributed by atoms with Gasteiger partial charge in [-0.05, 0) is 32.4 Å². The molecular formula is C11H13ClN4S. The van der Waals surface area contributed by atoms with Crippen LogP contribution in [0.4, 0.5) is 5.82 Å². The van der Waals surface area contributed by atoms with E-state index >= 15 is 0 Å². The van der Waals surface area contributed by atoms with Crippen molar-refractivity contribution in [1.82, 2.24) is 15.0 Å². The summed E-state index contributed by atoms with van der Waals surface area (Å²) in [7, 11) is 0. The van der Waals surface area contributed by atoms with Gasteiger partial charge < -0.3 is 5.32 Å². The number of nitrogens with one attached hydrogen (secondary N) is 1. The third-order valence-corrected chi connectivity index (χ3v) is 3.47. The summed E-state index contributed by atoms with van der Waals surface area (Å²) < 4.78 is 0. The number of rotatable bonds is 3. The van der Waals surface area contributed by atoms with Crippen molar-refractivity contribution in [3.05, 3.63) is 33.1 Å². The fourth-order valence-electron chi connectivity index (χ4n) is 1.46. The third kappa shape index (κ3) is 3.14. The Morgan fingerprint density at radius 1 is 1.35 bits per heavy atom. The Bertz CT molecular complexity index is 506. The first-order chi connectivity index (χ1) is 8.04. The number of nitrogens with zero attached hydrogens (tertiary/aromatic N) is 3. The SMILES string of the molecule is Cc1cc(NC(C)c2ncc(C)s2)nc(Cl)n1. The largest absolute Gasteiger partial charge is 0.361 e. The Labute approximate surface area is 109 Å². The zero-order valence-corrected chi connectivity index (χ0v) is 11.4. The first-order valence-corrected chi connectivity index (χ1v) is 6.44. The summed E-state index contributed by atoms with van der Waals surface area (Å²) in [5.74, 6) is 0.725. The molecule has 0 saturated heterocycles. The van der Waals surface area contributed by atoms with E-state index in [-0.39, 0.29) is 11.3 Å². The van der Waals surface area contributed by atoms with Gasteiger partial charge in [-0.3, -0.25) is 0 Å². The van der Waals surface area contributed by atoms with Crippen LogP contribution in [0.25, 0.3) is 0 Å². The Hall–Kier alpha value is -1.20. The van der Waals surface area contributed by atoms with E-state index in [4.69, 9.17) is 11.6 Å². The van der Waals surface area contributed by atoms with Crippen LogP contribution in [0.15, 0.2) is 12.3 Å². The lowest BCUT2D eigenvalue weighted by Crippen LogP contribution is -2.08. The maximum atomic E-state index is 5.81. The molecule has 17 heavy (non-hydrogen) atoms. The normalized spacial score (nSPS) is 12.5. The molecule has 0 spiro atoms. The van der Waals surface area contributed by atoms with Gasteiger partial charge in [0, 0.05) is 22.8 Å². The van der Waals surface area contributed by atoms with Crippen molar-refractivity contribution in [3.8, 4) is 0 Å². The Morgan fingerprint density at radius 2 is 2.12 bits per heavy atom. The number of hydrogen-bond acceptors (Lipinski definition) is 5. The Kier molecular flexibility index (Phi) is 3.59. The van der Waals surface area contributed by atoms with E-state index in [1.54, 1.807) is 11.3 Å². The van der Waals surface area contributed by atoms with Crippen molar-refractivity contribution < 1.29 is 0 Å². The van der Waals surface area contributed by atoms with Crippen LogP contribution in [0.5, 0.6) is 0 Å². The van der Waals surface area contributed by atoms with E-state index < -0.39 is 0 Å². The van der Waals surface area contributed by atoms with Crippen LogP contribution < -0.4 is 5.32 Å². The van der Waals surface area contributed by atoms with Gasteiger partial charge in [0.1, 0.15) is 10.8 Å². The number of hydrogen-bond donors (Lipinski definition) is 1. The highest BCUT2D eigenvalue weighted by molar-refractivity contribution is 7.11. The zero-order valence-electron chi connectivity index (χ0n) is 9.86. The number of thiazole rings is 1. The van der Waals surface area contributed by atoms with Crippen molar-refractivity contribution in [1.29, 1.82) is 0 Å². The molecule has 0 aliphatic rings. The topological polar surface area (TPSA) is 50.7 Å². The number of aromatic nitrogens is 3. The summed E-state index contributed by atoms with van der Waals surface area (Å²) in [5.41, 5.74) is 0.843. The maximum absolute atomic E-state index is 5.81. The van der Waals surface area contributed by atoms with Gasteiger partial charge >= 0.3 is 0 Å². The fraction of sp³-hybridized carbons (Fsp3) is 0.364. The molecule has 0 radical (unpaired) electrons. The third-order valence-electron chi connectivity index (χ3n) is 2.20. The summed E-state index contributed by atoms with van der Waals surface area (Å²) >= 11 is 7.48. The highest BCUT2D eigenvalue weighted by Crippen LogP contribution is 2.23. The molecule has 1 N–H and O–H groups in total. The molecule has 6 heteroatoms. The maximum Gasteiger partial charge on any atom is 0.224 e. The van der Waals surface area contributed by atoms with Gasteiger partial charge in [0.25, 0.3) is 0 Å². The van der Waals surface area contributed by atoms with Crippen LogP contribution in [-0.4, -0.2) is 15.0 Å². The van der Waals surface area contributed by atoms with Gasteiger partial charge in [-0.1, -0.05) is 0 Å². The molecule has 0 fully saturated rings. The van der Waals surface area contributed by atoms with Gasteiger partial charge in [-0.25, -0.2) is 15.0 Å². The smallest absolute Gasteiger partial charge is 0.224 e. The predicted octanol–water partition coefficient (Wildman–Crippen LogP) is 3.38. The molecule has 0 amide bonds.